The first-order valence-corrected chi connectivity index (χ1v) is 6.46. The van der Waals surface area contributed by atoms with E-state index in [0.29, 0.717) is 13.2 Å². The number of methoxy groups -OCH3 is 1. The van der Waals surface area contributed by atoms with Crippen molar-refractivity contribution in [2.24, 2.45) is 5.73 Å². The summed E-state index contributed by atoms with van der Waals surface area (Å²) in [6.07, 6.45) is -3.45. The van der Waals surface area contributed by atoms with Gasteiger partial charge < -0.3 is 10.5 Å². The molecule has 0 bridgehead atoms. The second kappa shape index (κ2) is 7.61. The summed E-state index contributed by atoms with van der Waals surface area (Å²) in [5.74, 6) is 0. The monoisotopic (exact) mass is 290 g/mol. The highest BCUT2D eigenvalue weighted by molar-refractivity contribution is 5.27. The van der Waals surface area contributed by atoms with E-state index < -0.39 is 11.7 Å². The van der Waals surface area contributed by atoms with Crippen LogP contribution in [0.25, 0.3) is 0 Å². The van der Waals surface area contributed by atoms with Gasteiger partial charge in [-0.05, 0) is 31.2 Å². The SMILES string of the molecule is COCCCN(C)C(CN)c1ccc(C(F)(F)F)cc1. The minimum atomic E-state index is -4.30. The molecule has 0 saturated heterocycles. The van der Waals surface area contributed by atoms with E-state index in [9.17, 15) is 13.2 Å². The minimum Gasteiger partial charge on any atom is -0.385 e. The number of alkyl halides is 3. The quantitative estimate of drug-likeness (QED) is 0.785. The number of halogens is 3. The lowest BCUT2D eigenvalue weighted by Gasteiger charge is -2.27. The molecule has 0 aliphatic rings. The summed E-state index contributed by atoms with van der Waals surface area (Å²) in [7, 11) is 3.54. The highest BCUT2D eigenvalue weighted by atomic mass is 19.4. The van der Waals surface area contributed by atoms with E-state index in [0.717, 1.165) is 30.7 Å². The smallest absolute Gasteiger partial charge is 0.385 e. The van der Waals surface area contributed by atoms with E-state index in [1.54, 1.807) is 7.11 Å². The molecule has 0 amide bonds. The third-order valence-corrected chi connectivity index (χ3v) is 3.24. The van der Waals surface area contributed by atoms with Crippen molar-refractivity contribution >= 4 is 0 Å². The van der Waals surface area contributed by atoms with Gasteiger partial charge in [-0.25, -0.2) is 0 Å². The van der Waals surface area contributed by atoms with Crippen molar-refractivity contribution in [3.63, 3.8) is 0 Å². The van der Waals surface area contributed by atoms with Crippen LogP contribution in [0.2, 0.25) is 0 Å². The van der Waals surface area contributed by atoms with Crippen LogP contribution in [0.1, 0.15) is 23.6 Å². The predicted molar refractivity (Wildman–Crippen MR) is 72.4 cm³/mol. The Morgan fingerprint density at radius 2 is 1.85 bits per heavy atom. The maximum atomic E-state index is 12.5. The number of likely N-dealkylation sites (N-methyl/N-ethyl adjacent to an activating group) is 1. The Morgan fingerprint density at radius 1 is 1.25 bits per heavy atom. The van der Waals surface area contributed by atoms with E-state index in [-0.39, 0.29) is 6.04 Å². The normalized spacial score (nSPS) is 13.8. The molecule has 20 heavy (non-hydrogen) atoms. The Hall–Kier alpha value is -1.11. The maximum Gasteiger partial charge on any atom is 0.416 e. The van der Waals surface area contributed by atoms with Crippen LogP contribution in [-0.4, -0.2) is 38.8 Å². The van der Waals surface area contributed by atoms with Crippen LogP contribution in [0.15, 0.2) is 24.3 Å². The fourth-order valence-electron chi connectivity index (χ4n) is 2.08. The summed E-state index contributed by atoms with van der Waals surface area (Å²) < 4.78 is 42.5. The van der Waals surface area contributed by atoms with Crippen molar-refractivity contribution in [1.82, 2.24) is 4.90 Å². The molecule has 0 aliphatic carbocycles. The summed E-state index contributed by atoms with van der Waals surface area (Å²) >= 11 is 0. The second-order valence-corrected chi connectivity index (χ2v) is 4.70. The molecule has 0 spiro atoms. The summed E-state index contributed by atoms with van der Waals surface area (Å²) in [5, 5.41) is 0. The van der Waals surface area contributed by atoms with E-state index in [4.69, 9.17) is 10.5 Å². The highest BCUT2D eigenvalue weighted by Crippen LogP contribution is 2.30. The van der Waals surface area contributed by atoms with E-state index >= 15 is 0 Å². The first kappa shape index (κ1) is 16.9. The molecule has 3 nitrogen and oxygen atoms in total. The van der Waals surface area contributed by atoms with Crippen LogP contribution < -0.4 is 5.73 Å². The van der Waals surface area contributed by atoms with Crippen LogP contribution in [-0.2, 0) is 10.9 Å². The molecule has 0 radical (unpaired) electrons. The van der Waals surface area contributed by atoms with Gasteiger partial charge >= 0.3 is 6.18 Å². The van der Waals surface area contributed by atoms with E-state index in [2.05, 4.69) is 0 Å². The second-order valence-electron chi connectivity index (χ2n) is 4.70. The van der Waals surface area contributed by atoms with Crippen LogP contribution in [0.3, 0.4) is 0 Å². The van der Waals surface area contributed by atoms with Crippen molar-refractivity contribution in [3.05, 3.63) is 35.4 Å². The molecule has 114 valence electrons. The lowest BCUT2D eigenvalue weighted by molar-refractivity contribution is -0.137. The zero-order chi connectivity index (χ0) is 15.2. The van der Waals surface area contributed by atoms with Crippen LogP contribution in [0.5, 0.6) is 0 Å². The molecule has 1 unspecified atom stereocenters. The molecule has 0 aromatic heterocycles. The summed E-state index contributed by atoms with van der Waals surface area (Å²) in [6, 6.07) is 5.09. The van der Waals surface area contributed by atoms with Gasteiger partial charge in [-0.3, -0.25) is 4.90 Å². The fourth-order valence-corrected chi connectivity index (χ4v) is 2.08. The zero-order valence-corrected chi connectivity index (χ0v) is 11.8. The molecule has 0 aliphatic heterocycles. The Morgan fingerprint density at radius 3 is 2.30 bits per heavy atom. The molecule has 1 aromatic rings. The summed E-state index contributed by atoms with van der Waals surface area (Å²) in [5.41, 5.74) is 5.89. The number of hydrogen-bond donors (Lipinski definition) is 1. The van der Waals surface area contributed by atoms with Crippen LogP contribution >= 0.6 is 0 Å². The third-order valence-electron chi connectivity index (χ3n) is 3.24. The van der Waals surface area contributed by atoms with Gasteiger partial charge in [-0.15, -0.1) is 0 Å². The average molecular weight is 290 g/mol. The van der Waals surface area contributed by atoms with Gasteiger partial charge in [0.15, 0.2) is 0 Å². The van der Waals surface area contributed by atoms with Crippen molar-refractivity contribution < 1.29 is 17.9 Å². The third kappa shape index (κ3) is 4.77. The largest absolute Gasteiger partial charge is 0.416 e. The fraction of sp³-hybridized carbons (Fsp3) is 0.571. The van der Waals surface area contributed by atoms with Crippen LogP contribution in [0, 0.1) is 0 Å². The molecule has 1 rings (SSSR count). The first-order valence-electron chi connectivity index (χ1n) is 6.46. The molecule has 6 heteroatoms. The number of ether oxygens (including phenoxy) is 1. The summed E-state index contributed by atoms with van der Waals surface area (Å²) in [4.78, 5) is 2.03. The number of nitrogens with zero attached hydrogens (tertiary/aromatic N) is 1. The van der Waals surface area contributed by atoms with Gasteiger partial charge in [0.25, 0.3) is 0 Å². The highest BCUT2D eigenvalue weighted by Gasteiger charge is 2.30. The molecule has 2 N–H and O–H groups in total. The molecule has 1 atom stereocenters. The van der Waals surface area contributed by atoms with Gasteiger partial charge in [0.2, 0.25) is 0 Å². The Kier molecular flexibility index (Phi) is 6.45. The van der Waals surface area contributed by atoms with Gasteiger partial charge in [0, 0.05) is 32.8 Å². The average Bonchev–Trinajstić information content (AvgIpc) is 2.39. The van der Waals surface area contributed by atoms with Gasteiger partial charge in [-0.2, -0.15) is 13.2 Å². The standard InChI is InChI=1S/C14H21F3N2O/c1-19(8-3-9-20-2)13(10-18)11-4-6-12(7-5-11)14(15,16)17/h4-7,13H,3,8-10,18H2,1-2H3. The Labute approximate surface area is 117 Å². The van der Waals surface area contributed by atoms with Crippen molar-refractivity contribution in [2.75, 3.05) is 33.9 Å². The number of nitrogens with two attached hydrogens (primary N) is 1. The molecular weight excluding hydrogens is 269 g/mol. The van der Waals surface area contributed by atoms with E-state index in [1.807, 2.05) is 11.9 Å². The van der Waals surface area contributed by atoms with Crippen molar-refractivity contribution in [3.8, 4) is 0 Å². The predicted octanol–water partition coefficient (Wildman–Crippen LogP) is 2.67. The first-order chi connectivity index (χ1) is 9.40. The molecule has 0 saturated carbocycles. The summed E-state index contributed by atoms with van der Waals surface area (Å²) in [6.45, 7) is 1.78. The molecule has 0 heterocycles. The Bertz CT molecular complexity index is 392. The number of benzene rings is 1. The molecule has 1 aromatic carbocycles. The number of hydrogen-bond acceptors (Lipinski definition) is 3. The molecular formula is C14H21F3N2O. The molecule has 0 fully saturated rings. The lowest BCUT2D eigenvalue weighted by atomic mass is 10.0. The lowest BCUT2D eigenvalue weighted by Crippen LogP contribution is -2.31. The minimum absolute atomic E-state index is 0.0888. The van der Waals surface area contributed by atoms with Crippen molar-refractivity contribution in [1.29, 1.82) is 0 Å². The topological polar surface area (TPSA) is 38.5 Å². The van der Waals surface area contributed by atoms with E-state index in [1.165, 1.54) is 12.1 Å². The maximum absolute atomic E-state index is 12.5. The number of rotatable bonds is 7. The Balaban J connectivity index is 2.74. The van der Waals surface area contributed by atoms with Gasteiger partial charge in [-0.1, -0.05) is 12.1 Å². The van der Waals surface area contributed by atoms with Crippen LogP contribution in [0.4, 0.5) is 13.2 Å². The zero-order valence-electron chi connectivity index (χ0n) is 11.8. The van der Waals surface area contributed by atoms with Gasteiger partial charge in [0.1, 0.15) is 0 Å². The van der Waals surface area contributed by atoms with Gasteiger partial charge in [0.05, 0.1) is 5.56 Å². The van der Waals surface area contributed by atoms with Crippen molar-refractivity contribution in [2.45, 2.75) is 18.6 Å².